The summed E-state index contributed by atoms with van der Waals surface area (Å²) in [4.78, 5) is 0. The molecule has 0 saturated carbocycles. The average molecular weight is 423 g/mol. The standard InChI is InChI=1S/C10H14O.2C9H12O/c1-8(2)9-4-6-10(11-3)7-5-9;2*1-7-4-5-8(2)9(6-7)10-3/h4-8H,1-3H3;2*4-6H,1-3H3. The molecule has 0 radical (unpaired) electrons. The first kappa shape index (κ1) is 26.1. The third-order valence-electron chi connectivity index (χ3n) is 4.91. The molecule has 3 nitrogen and oxygen atoms in total. The molecule has 0 aromatic heterocycles. The van der Waals surface area contributed by atoms with Crippen LogP contribution in [0.5, 0.6) is 17.2 Å². The fraction of sp³-hybridized carbons (Fsp3) is 0.357. The van der Waals surface area contributed by atoms with E-state index in [9.17, 15) is 0 Å². The SMILES string of the molecule is COc1cc(C)ccc1C.COc1cc(C)ccc1C.COc1ccc(C(C)C)cc1. The van der Waals surface area contributed by atoms with Crippen molar-refractivity contribution in [1.29, 1.82) is 0 Å². The van der Waals surface area contributed by atoms with Gasteiger partial charge in [0, 0.05) is 0 Å². The Labute approximate surface area is 189 Å². The lowest BCUT2D eigenvalue weighted by Gasteiger charge is -2.05. The molecule has 3 heteroatoms. The second kappa shape index (κ2) is 13.4. The van der Waals surface area contributed by atoms with Gasteiger partial charge >= 0.3 is 0 Å². The van der Waals surface area contributed by atoms with Crippen molar-refractivity contribution in [3.8, 4) is 17.2 Å². The number of aryl methyl sites for hydroxylation is 4. The normalized spacial score (nSPS) is 9.74. The van der Waals surface area contributed by atoms with E-state index in [-0.39, 0.29) is 0 Å². The molecule has 3 aromatic carbocycles. The van der Waals surface area contributed by atoms with Gasteiger partial charge in [-0.05, 0) is 85.7 Å². The van der Waals surface area contributed by atoms with E-state index in [1.165, 1.54) is 27.8 Å². The minimum absolute atomic E-state index is 0.598. The zero-order valence-corrected chi connectivity index (χ0v) is 20.6. The molecule has 0 heterocycles. The van der Waals surface area contributed by atoms with Crippen LogP contribution in [0.4, 0.5) is 0 Å². The maximum atomic E-state index is 5.13. The Morgan fingerprint density at radius 1 is 0.548 bits per heavy atom. The van der Waals surface area contributed by atoms with Gasteiger partial charge in [0.2, 0.25) is 0 Å². The number of hydrogen-bond donors (Lipinski definition) is 0. The highest BCUT2D eigenvalue weighted by molar-refractivity contribution is 5.36. The number of ether oxygens (including phenoxy) is 3. The second-order valence-corrected chi connectivity index (χ2v) is 7.87. The van der Waals surface area contributed by atoms with Crippen molar-refractivity contribution in [1.82, 2.24) is 0 Å². The van der Waals surface area contributed by atoms with Crippen LogP contribution < -0.4 is 14.2 Å². The van der Waals surface area contributed by atoms with E-state index in [0.29, 0.717) is 5.92 Å². The summed E-state index contributed by atoms with van der Waals surface area (Å²) in [5, 5.41) is 0. The van der Waals surface area contributed by atoms with Gasteiger partial charge in [-0.15, -0.1) is 0 Å². The summed E-state index contributed by atoms with van der Waals surface area (Å²) in [5.74, 6) is 3.47. The van der Waals surface area contributed by atoms with Crippen LogP contribution >= 0.6 is 0 Å². The predicted molar refractivity (Wildman–Crippen MR) is 132 cm³/mol. The molecule has 0 aliphatic carbocycles. The Balaban J connectivity index is 0.000000233. The van der Waals surface area contributed by atoms with Crippen LogP contribution in [0.3, 0.4) is 0 Å². The van der Waals surface area contributed by atoms with Gasteiger partial charge in [0.25, 0.3) is 0 Å². The highest BCUT2D eigenvalue weighted by Gasteiger charge is 1.98. The third kappa shape index (κ3) is 9.17. The van der Waals surface area contributed by atoms with Crippen LogP contribution in [-0.4, -0.2) is 21.3 Å². The fourth-order valence-electron chi connectivity index (χ4n) is 2.84. The van der Waals surface area contributed by atoms with Crippen molar-refractivity contribution in [3.63, 3.8) is 0 Å². The van der Waals surface area contributed by atoms with Crippen molar-refractivity contribution in [3.05, 3.63) is 88.5 Å². The van der Waals surface area contributed by atoms with Gasteiger partial charge in [-0.3, -0.25) is 0 Å². The predicted octanol–water partition coefficient (Wildman–Crippen LogP) is 7.44. The topological polar surface area (TPSA) is 27.7 Å². The first-order chi connectivity index (χ1) is 14.7. The van der Waals surface area contributed by atoms with E-state index < -0.39 is 0 Å². The summed E-state index contributed by atoms with van der Waals surface area (Å²) in [6.07, 6.45) is 0. The van der Waals surface area contributed by atoms with Crippen molar-refractivity contribution < 1.29 is 14.2 Å². The number of benzene rings is 3. The molecule has 3 rings (SSSR count). The first-order valence-corrected chi connectivity index (χ1v) is 10.6. The fourth-order valence-corrected chi connectivity index (χ4v) is 2.84. The van der Waals surface area contributed by atoms with Crippen LogP contribution in [0, 0.1) is 27.7 Å². The largest absolute Gasteiger partial charge is 0.497 e. The van der Waals surface area contributed by atoms with E-state index in [1.807, 2.05) is 38.1 Å². The molecule has 0 atom stereocenters. The quantitative estimate of drug-likeness (QED) is 0.437. The van der Waals surface area contributed by atoms with Gasteiger partial charge in [-0.1, -0.05) is 50.2 Å². The van der Waals surface area contributed by atoms with Crippen molar-refractivity contribution in [2.24, 2.45) is 0 Å². The molecular formula is C28H38O3. The van der Waals surface area contributed by atoms with Crippen LogP contribution in [0.2, 0.25) is 0 Å². The Morgan fingerprint density at radius 2 is 0.968 bits per heavy atom. The van der Waals surface area contributed by atoms with Gasteiger partial charge in [0.1, 0.15) is 17.2 Å². The minimum atomic E-state index is 0.598. The van der Waals surface area contributed by atoms with E-state index in [0.717, 1.165) is 17.2 Å². The lowest BCUT2D eigenvalue weighted by atomic mass is 10.0. The Hall–Kier alpha value is -2.94. The Morgan fingerprint density at radius 3 is 1.26 bits per heavy atom. The highest BCUT2D eigenvalue weighted by atomic mass is 16.5. The molecule has 0 unspecified atom stereocenters. The smallest absolute Gasteiger partial charge is 0.122 e. The third-order valence-corrected chi connectivity index (χ3v) is 4.91. The maximum Gasteiger partial charge on any atom is 0.122 e. The lowest BCUT2D eigenvalue weighted by molar-refractivity contribution is 0.411. The number of hydrogen-bond acceptors (Lipinski definition) is 3. The summed E-state index contributed by atoms with van der Waals surface area (Å²) in [5.41, 5.74) is 6.21. The minimum Gasteiger partial charge on any atom is -0.497 e. The Bertz CT molecular complexity index is 861. The van der Waals surface area contributed by atoms with E-state index in [4.69, 9.17) is 14.2 Å². The molecule has 0 aliphatic rings. The maximum absolute atomic E-state index is 5.13. The highest BCUT2D eigenvalue weighted by Crippen LogP contribution is 2.19. The molecule has 0 amide bonds. The molecular weight excluding hydrogens is 384 g/mol. The molecule has 0 fully saturated rings. The zero-order chi connectivity index (χ0) is 23.4. The molecule has 168 valence electrons. The summed E-state index contributed by atoms with van der Waals surface area (Å²) in [6.45, 7) is 12.6. The molecule has 0 saturated heterocycles. The number of methoxy groups -OCH3 is 3. The molecule has 0 spiro atoms. The summed E-state index contributed by atoms with van der Waals surface area (Å²) in [7, 11) is 5.08. The van der Waals surface area contributed by atoms with E-state index in [2.05, 4.69) is 64.1 Å². The van der Waals surface area contributed by atoms with Crippen LogP contribution in [0.15, 0.2) is 60.7 Å². The summed E-state index contributed by atoms with van der Waals surface area (Å²) >= 11 is 0. The van der Waals surface area contributed by atoms with Crippen LogP contribution in [-0.2, 0) is 0 Å². The molecule has 0 N–H and O–H groups in total. The summed E-state index contributed by atoms with van der Waals surface area (Å²) < 4.78 is 15.3. The van der Waals surface area contributed by atoms with Gasteiger partial charge in [-0.2, -0.15) is 0 Å². The molecule has 3 aromatic rings. The molecule has 0 aliphatic heterocycles. The zero-order valence-electron chi connectivity index (χ0n) is 20.6. The van der Waals surface area contributed by atoms with Crippen LogP contribution in [0.1, 0.15) is 47.6 Å². The molecule has 31 heavy (non-hydrogen) atoms. The van der Waals surface area contributed by atoms with E-state index >= 15 is 0 Å². The summed E-state index contributed by atoms with van der Waals surface area (Å²) in [6, 6.07) is 20.6. The van der Waals surface area contributed by atoms with E-state index in [1.54, 1.807) is 21.3 Å². The van der Waals surface area contributed by atoms with Gasteiger partial charge < -0.3 is 14.2 Å². The average Bonchev–Trinajstić information content (AvgIpc) is 2.78. The molecule has 0 bridgehead atoms. The Kier molecular flexibility index (Phi) is 11.3. The van der Waals surface area contributed by atoms with Crippen molar-refractivity contribution >= 4 is 0 Å². The van der Waals surface area contributed by atoms with Gasteiger partial charge in [0.05, 0.1) is 21.3 Å². The number of rotatable bonds is 4. The van der Waals surface area contributed by atoms with Crippen molar-refractivity contribution in [2.75, 3.05) is 21.3 Å². The van der Waals surface area contributed by atoms with Gasteiger partial charge in [-0.25, -0.2) is 0 Å². The second-order valence-electron chi connectivity index (χ2n) is 7.87. The van der Waals surface area contributed by atoms with Crippen molar-refractivity contribution in [2.45, 2.75) is 47.5 Å². The van der Waals surface area contributed by atoms with Crippen LogP contribution in [0.25, 0.3) is 0 Å². The monoisotopic (exact) mass is 422 g/mol. The lowest BCUT2D eigenvalue weighted by Crippen LogP contribution is -1.87. The van der Waals surface area contributed by atoms with Gasteiger partial charge in [0.15, 0.2) is 0 Å². The first-order valence-electron chi connectivity index (χ1n) is 10.6.